The molecule has 1 aliphatic carbocycles. The fourth-order valence-electron chi connectivity index (χ4n) is 2.16. The third kappa shape index (κ3) is 3.00. The number of amides is 2. The van der Waals surface area contributed by atoms with Crippen LogP contribution in [0.15, 0.2) is 24.3 Å². The van der Waals surface area contributed by atoms with Gasteiger partial charge in [0, 0.05) is 11.7 Å². The van der Waals surface area contributed by atoms with Crippen LogP contribution in [0.4, 0.5) is 5.69 Å². The van der Waals surface area contributed by atoms with Crippen molar-refractivity contribution in [3.05, 3.63) is 29.8 Å². The lowest BCUT2D eigenvalue weighted by Crippen LogP contribution is -2.42. The number of rotatable bonds is 5. The van der Waals surface area contributed by atoms with Crippen molar-refractivity contribution < 1.29 is 9.59 Å². The number of nitrogens with one attached hydrogen (secondary N) is 2. The average Bonchev–Trinajstić information content (AvgIpc) is 3.20. The summed E-state index contributed by atoms with van der Waals surface area (Å²) >= 11 is 0. The molecule has 1 fully saturated rings. The maximum Gasteiger partial charge on any atom is 0.240 e. The van der Waals surface area contributed by atoms with E-state index in [2.05, 4.69) is 17.6 Å². The molecule has 4 nitrogen and oxygen atoms in total. The van der Waals surface area contributed by atoms with Crippen molar-refractivity contribution >= 4 is 17.5 Å². The second-order valence-corrected chi connectivity index (χ2v) is 5.71. The van der Waals surface area contributed by atoms with E-state index < -0.39 is 5.41 Å². The molecule has 0 bridgehead atoms. The van der Waals surface area contributed by atoms with Crippen LogP contribution in [-0.2, 0) is 16.0 Å². The first kappa shape index (κ1) is 14.6. The lowest BCUT2D eigenvalue weighted by atomic mass is 10.0. The maximum atomic E-state index is 12.3. The third-order valence-corrected chi connectivity index (χ3v) is 3.66. The van der Waals surface area contributed by atoms with Gasteiger partial charge < -0.3 is 10.6 Å². The first-order chi connectivity index (χ1) is 9.48. The molecule has 0 atom stereocenters. The van der Waals surface area contributed by atoms with Gasteiger partial charge in [0.05, 0.1) is 0 Å². The Kier molecular flexibility index (Phi) is 4.12. The fourth-order valence-corrected chi connectivity index (χ4v) is 2.16. The van der Waals surface area contributed by atoms with Crippen molar-refractivity contribution in [3.63, 3.8) is 0 Å². The number of anilines is 1. The molecule has 0 aromatic heterocycles. The van der Waals surface area contributed by atoms with E-state index in [1.807, 2.05) is 38.1 Å². The van der Waals surface area contributed by atoms with Crippen LogP contribution in [0.5, 0.6) is 0 Å². The van der Waals surface area contributed by atoms with E-state index >= 15 is 0 Å². The smallest absolute Gasteiger partial charge is 0.240 e. The highest BCUT2D eigenvalue weighted by atomic mass is 16.2. The molecule has 1 aliphatic rings. The minimum atomic E-state index is -0.853. The summed E-state index contributed by atoms with van der Waals surface area (Å²) in [7, 11) is 0. The van der Waals surface area contributed by atoms with Crippen LogP contribution in [-0.4, -0.2) is 17.9 Å². The van der Waals surface area contributed by atoms with Gasteiger partial charge in [0.1, 0.15) is 5.41 Å². The number of hydrogen-bond donors (Lipinski definition) is 2. The van der Waals surface area contributed by atoms with Crippen LogP contribution in [0.1, 0.15) is 39.2 Å². The standard InChI is InChI=1S/C16H22N2O2/c1-4-12-5-7-13(8-6-12)18-15(20)16(9-10-16)14(19)17-11(2)3/h5-8,11H,4,9-10H2,1-3H3,(H,17,19)(H,18,20). The van der Waals surface area contributed by atoms with E-state index in [-0.39, 0.29) is 17.9 Å². The highest BCUT2D eigenvalue weighted by Gasteiger charge is 2.56. The van der Waals surface area contributed by atoms with Crippen molar-refractivity contribution in [2.24, 2.45) is 5.41 Å². The largest absolute Gasteiger partial charge is 0.353 e. The summed E-state index contributed by atoms with van der Waals surface area (Å²) in [6, 6.07) is 7.80. The van der Waals surface area contributed by atoms with Crippen molar-refractivity contribution in [2.75, 3.05) is 5.32 Å². The van der Waals surface area contributed by atoms with Crippen LogP contribution in [0.2, 0.25) is 0 Å². The summed E-state index contributed by atoms with van der Waals surface area (Å²) in [5.74, 6) is -0.352. The van der Waals surface area contributed by atoms with E-state index in [9.17, 15) is 9.59 Å². The van der Waals surface area contributed by atoms with Gasteiger partial charge in [-0.05, 0) is 50.8 Å². The Balaban J connectivity index is 2.02. The van der Waals surface area contributed by atoms with Crippen molar-refractivity contribution in [2.45, 2.75) is 46.1 Å². The highest BCUT2D eigenvalue weighted by Crippen LogP contribution is 2.46. The zero-order valence-corrected chi connectivity index (χ0v) is 12.3. The summed E-state index contributed by atoms with van der Waals surface area (Å²) in [5.41, 5.74) is 1.12. The Morgan fingerprint density at radius 1 is 1.15 bits per heavy atom. The first-order valence-electron chi connectivity index (χ1n) is 7.19. The van der Waals surface area contributed by atoms with Gasteiger partial charge in [-0.3, -0.25) is 9.59 Å². The van der Waals surface area contributed by atoms with Gasteiger partial charge in [-0.25, -0.2) is 0 Å². The summed E-state index contributed by atoms with van der Waals surface area (Å²) in [4.78, 5) is 24.4. The van der Waals surface area contributed by atoms with Gasteiger partial charge in [0.15, 0.2) is 0 Å². The van der Waals surface area contributed by atoms with Crippen LogP contribution in [0.3, 0.4) is 0 Å². The van der Waals surface area contributed by atoms with E-state index in [1.165, 1.54) is 5.56 Å². The molecule has 1 saturated carbocycles. The lowest BCUT2D eigenvalue weighted by Gasteiger charge is -2.17. The van der Waals surface area contributed by atoms with Crippen LogP contribution < -0.4 is 10.6 Å². The lowest BCUT2D eigenvalue weighted by molar-refractivity contribution is -0.134. The molecule has 0 unspecified atom stereocenters. The molecule has 2 N–H and O–H groups in total. The molecule has 0 spiro atoms. The Hall–Kier alpha value is -1.84. The molecule has 2 amide bonds. The molecule has 1 aromatic carbocycles. The second-order valence-electron chi connectivity index (χ2n) is 5.71. The molecule has 0 aliphatic heterocycles. The summed E-state index contributed by atoms with van der Waals surface area (Å²) in [5, 5.41) is 5.68. The average molecular weight is 274 g/mol. The third-order valence-electron chi connectivity index (χ3n) is 3.66. The topological polar surface area (TPSA) is 58.2 Å². The minimum absolute atomic E-state index is 0.0524. The van der Waals surface area contributed by atoms with Gasteiger partial charge in [-0.1, -0.05) is 19.1 Å². The second kappa shape index (κ2) is 5.65. The Morgan fingerprint density at radius 2 is 1.75 bits per heavy atom. The first-order valence-corrected chi connectivity index (χ1v) is 7.19. The number of carbonyl (C=O) groups is 2. The Morgan fingerprint density at radius 3 is 2.20 bits per heavy atom. The molecule has 1 aromatic rings. The highest BCUT2D eigenvalue weighted by molar-refractivity contribution is 6.13. The number of aryl methyl sites for hydroxylation is 1. The van der Waals surface area contributed by atoms with Crippen LogP contribution in [0.25, 0.3) is 0 Å². The normalized spacial score (nSPS) is 15.8. The van der Waals surface area contributed by atoms with Crippen molar-refractivity contribution in [1.82, 2.24) is 5.32 Å². The van der Waals surface area contributed by atoms with Gasteiger partial charge in [-0.15, -0.1) is 0 Å². The predicted molar refractivity (Wildman–Crippen MR) is 79.4 cm³/mol. The molecule has 4 heteroatoms. The van der Waals surface area contributed by atoms with Gasteiger partial charge in [0.2, 0.25) is 11.8 Å². The van der Waals surface area contributed by atoms with Crippen LogP contribution >= 0.6 is 0 Å². The van der Waals surface area contributed by atoms with Crippen molar-refractivity contribution in [3.8, 4) is 0 Å². The van der Waals surface area contributed by atoms with Gasteiger partial charge in [0.25, 0.3) is 0 Å². The number of hydrogen-bond acceptors (Lipinski definition) is 2. The minimum Gasteiger partial charge on any atom is -0.353 e. The Bertz CT molecular complexity index is 502. The Labute approximate surface area is 119 Å². The quantitative estimate of drug-likeness (QED) is 0.810. The molecular formula is C16H22N2O2. The predicted octanol–water partition coefficient (Wildman–Crippen LogP) is 2.49. The van der Waals surface area contributed by atoms with E-state index in [4.69, 9.17) is 0 Å². The molecule has 0 heterocycles. The monoisotopic (exact) mass is 274 g/mol. The molecule has 108 valence electrons. The number of carbonyl (C=O) groups excluding carboxylic acids is 2. The summed E-state index contributed by atoms with van der Waals surface area (Å²) in [6.07, 6.45) is 2.23. The molecular weight excluding hydrogens is 252 g/mol. The van der Waals surface area contributed by atoms with Gasteiger partial charge in [-0.2, -0.15) is 0 Å². The zero-order chi connectivity index (χ0) is 14.8. The van der Waals surface area contributed by atoms with E-state index in [1.54, 1.807) is 0 Å². The van der Waals surface area contributed by atoms with Gasteiger partial charge >= 0.3 is 0 Å². The summed E-state index contributed by atoms with van der Waals surface area (Å²) in [6.45, 7) is 5.88. The molecule has 0 radical (unpaired) electrons. The maximum absolute atomic E-state index is 12.3. The number of benzene rings is 1. The summed E-state index contributed by atoms with van der Waals surface area (Å²) < 4.78 is 0. The molecule has 2 rings (SSSR count). The molecule has 0 saturated heterocycles. The zero-order valence-electron chi connectivity index (χ0n) is 12.3. The van der Waals surface area contributed by atoms with Crippen molar-refractivity contribution in [1.29, 1.82) is 0 Å². The van der Waals surface area contributed by atoms with E-state index in [0.29, 0.717) is 12.8 Å². The molecule has 20 heavy (non-hydrogen) atoms. The fraction of sp³-hybridized carbons (Fsp3) is 0.500. The SMILES string of the molecule is CCc1ccc(NC(=O)C2(C(=O)NC(C)C)CC2)cc1. The van der Waals surface area contributed by atoms with E-state index in [0.717, 1.165) is 12.1 Å². The van der Waals surface area contributed by atoms with Crippen LogP contribution in [0, 0.1) is 5.41 Å².